The van der Waals surface area contributed by atoms with Gasteiger partial charge >= 0.3 is 0 Å². The van der Waals surface area contributed by atoms with E-state index in [-0.39, 0.29) is 0 Å². The van der Waals surface area contributed by atoms with E-state index >= 15 is 0 Å². The molecule has 2 N–H and O–H groups in total. The number of rotatable bonds is 6. The van der Waals surface area contributed by atoms with Crippen molar-refractivity contribution in [3.63, 3.8) is 0 Å². The zero-order valence-corrected chi connectivity index (χ0v) is 9.75. The summed E-state index contributed by atoms with van der Waals surface area (Å²) in [7, 11) is 4.24. The second kappa shape index (κ2) is 6.35. The molecule has 3 heteroatoms. The minimum atomic E-state index is 0.573. The zero-order chi connectivity index (χ0) is 10.4. The maximum absolute atomic E-state index is 5.56. The Morgan fingerprint density at radius 3 is 2.00 bits per heavy atom. The van der Waals surface area contributed by atoms with Crippen molar-refractivity contribution in [2.45, 2.75) is 32.9 Å². The minimum absolute atomic E-state index is 0.573. The van der Waals surface area contributed by atoms with E-state index in [1.165, 1.54) is 0 Å². The molecule has 3 nitrogen and oxygen atoms in total. The Hall–Kier alpha value is -0.120. The highest BCUT2D eigenvalue weighted by Gasteiger charge is 2.19. The molecule has 0 fully saturated rings. The molecule has 0 amide bonds. The van der Waals surface area contributed by atoms with Crippen LogP contribution in [0, 0.1) is 0 Å². The molecule has 0 spiro atoms. The summed E-state index contributed by atoms with van der Waals surface area (Å²) in [6.07, 6.45) is 0. The van der Waals surface area contributed by atoms with Gasteiger partial charge in [0.25, 0.3) is 0 Å². The summed E-state index contributed by atoms with van der Waals surface area (Å²) in [5.74, 6) is 0. The Morgan fingerprint density at radius 1 is 1.15 bits per heavy atom. The summed E-state index contributed by atoms with van der Waals surface area (Å²) in [5, 5.41) is 0. The monoisotopic (exact) mass is 187 g/mol. The van der Waals surface area contributed by atoms with Gasteiger partial charge in [-0.2, -0.15) is 0 Å². The Morgan fingerprint density at radius 2 is 1.69 bits per heavy atom. The largest absolute Gasteiger partial charge is 0.329 e. The van der Waals surface area contributed by atoms with Crippen LogP contribution in [0.2, 0.25) is 0 Å². The van der Waals surface area contributed by atoms with Gasteiger partial charge in [0.05, 0.1) is 0 Å². The predicted octanol–water partition coefficient (Wildman–Crippen LogP) is 0.606. The first-order valence-corrected chi connectivity index (χ1v) is 5.15. The van der Waals surface area contributed by atoms with Crippen molar-refractivity contribution in [1.82, 2.24) is 9.80 Å². The van der Waals surface area contributed by atoms with E-state index in [0.717, 1.165) is 19.6 Å². The summed E-state index contributed by atoms with van der Waals surface area (Å²) >= 11 is 0. The fourth-order valence-corrected chi connectivity index (χ4v) is 1.55. The quantitative estimate of drug-likeness (QED) is 0.661. The average molecular weight is 187 g/mol. The third-order valence-electron chi connectivity index (χ3n) is 2.91. The number of nitrogens with zero attached hydrogens (tertiary/aromatic N) is 2. The molecule has 0 heterocycles. The normalized spacial score (nSPS) is 16.6. The molecule has 0 bridgehead atoms. The highest BCUT2D eigenvalue weighted by Crippen LogP contribution is 2.07. The van der Waals surface area contributed by atoms with Crippen LogP contribution >= 0.6 is 0 Å². The molecule has 0 rings (SSSR count). The van der Waals surface area contributed by atoms with Crippen LogP contribution in [-0.2, 0) is 0 Å². The molecule has 2 atom stereocenters. The second-order valence-corrected chi connectivity index (χ2v) is 3.86. The van der Waals surface area contributed by atoms with Crippen molar-refractivity contribution in [2.24, 2.45) is 5.73 Å². The summed E-state index contributed by atoms with van der Waals surface area (Å²) in [6.45, 7) is 9.53. The van der Waals surface area contributed by atoms with Gasteiger partial charge in [0.2, 0.25) is 0 Å². The molecule has 0 aromatic carbocycles. The van der Waals surface area contributed by atoms with Crippen LogP contribution in [0.4, 0.5) is 0 Å². The van der Waals surface area contributed by atoms with Crippen molar-refractivity contribution >= 4 is 0 Å². The summed E-state index contributed by atoms with van der Waals surface area (Å²) in [6, 6.07) is 1.15. The Labute approximate surface area is 82.9 Å². The topological polar surface area (TPSA) is 32.5 Å². The van der Waals surface area contributed by atoms with Gasteiger partial charge in [0.1, 0.15) is 0 Å². The molecular formula is C10H25N3. The number of hydrogen-bond donors (Lipinski definition) is 1. The molecule has 0 saturated heterocycles. The first-order chi connectivity index (χ1) is 6.04. The van der Waals surface area contributed by atoms with E-state index in [0.29, 0.717) is 12.1 Å². The van der Waals surface area contributed by atoms with Crippen molar-refractivity contribution in [2.75, 3.05) is 33.7 Å². The van der Waals surface area contributed by atoms with E-state index < -0.39 is 0 Å². The Bertz CT molecular complexity index is 125. The van der Waals surface area contributed by atoms with Gasteiger partial charge in [0.15, 0.2) is 0 Å². The van der Waals surface area contributed by atoms with E-state index in [2.05, 4.69) is 44.7 Å². The lowest BCUT2D eigenvalue weighted by molar-refractivity contribution is 0.136. The average Bonchev–Trinajstić information content (AvgIpc) is 2.11. The summed E-state index contributed by atoms with van der Waals surface area (Å²) in [5.41, 5.74) is 5.56. The number of hydrogen-bond acceptors (Lipinski definition) is 3. The zero-order valence-electron chi connectivity index (χ0n) is 9.75. The van der Waals surface area contributed by atoms with E-state index in [1.54, 1.807) is 0 Å². The van der Waals surface area contributed by atoms with Gasteiger partial charge in [-0.1, -0.05) is 6.92 Å². The van der Waals surface area contributed by atoms with Gasteiger partial charge in [-0.25, -0.2) is 0 Å². The first kappa shape index (κ1) is 12.9. The lowest BCUT2D eigenvalue weighted by atomic mass is 10.1. The third kappa shape index (κ3) is 4.07. The SMILES string of the molecule is CCN(CCN)C(C)C(C)N(C)C. The molecule has 0 aromatic rings. The molecule has 0 aliphatic heterocycles. The minimum Gasteiger partial charge on any atom is -0.329 e. The van der Waals surface area contributed by atoms with Crippen LogP contribution < -0.4 is 5.73 Å². The molecule has 0 aliphatic carbocycles. The van der Waals surface area contributed by atoms with Crippen LogP contribution in [0.1, 0.15) is 20.8 Å². The first-order valence-electron chi connectivity index (χ1n) is 5.15. The van der Waals surface area contributed by atoms with Gasteiger partial charge in [0, 0.05) is 25.2 Å². The van der Waals surface area contributed by atoms with Crippen molar-refractivity contribution in [3.05, 3.63) is 0 Å². The molecule has 13 heavy (non-hydrogen) atoms. The second-order valence-electron chi connectivity index (χ2n) is 3.86. The summed E-state index contributed by atoms with van der Waals surface area (Å²) in [4.78, 5) is 4.68. The Balaban J connectivity index is 4.10. The van der Waals surface area contributed by atoms with Crippen LogP contribution in [0.5, 0.6) is 0 Å². The van der Waals surface area contributed by atoms with Gasteiger partial charge < -0.3 is 10.6 Å². The van der Waals surface area contributed by atoms with Crippen molar-refractivity contribution in [1.29, 1.82) is 0 Å². The fraction of sp³-hybridized carbons (Fsp3) is 1.00. The molecule has 2 unspecified atom stereocenters. The van der Waals surface area contributed by atoms with Crippen molar-refractivity contribution in [3.8, 4) is 0 Å². The van der Waals surface area contributed by atoms with Crippen LogP contribution in [-0.4, -0.2) is 55.6 Å². The molecular weight excluding hydrogens is 162 g/mol. The lowest BCUT2D eigenvalue weighted by Crippen LogP contribution is -2.47. The van der Waals surface area contributed by atoms with Crippen LogP contribution in [0.25, 0.3) is 0 Å². The highest BCUT2D eigenvalue weighted by molar-refractivity contribution is 4.76. The molecule has 0 saturated carbocycles. The van der Waals surface area contributed by atoms with Gasteiger partial charge in [-0.15, -0.1) is 0 Å². The maximum Gasteiger partial charge on any atom is 0.0220 e. The number of likely N-dealkylation sites (N-methyl/N-ethyl adjacent to an activating group) is 2. The molecule has 0 aliphatic rings. The highest BCUT2D eigenvalue weighted by atomic mass is 15.2. The molecule has 0 radical (unpaired) electrons. The van der Waals surface area contributed by atoms with E-state index in [9.17, 15) is 0 Å². The van der Waals surface area contributed by atoms with Gasteiger partial charge in [-0.05, 0) is 34.5 Å². The fourth-order valence-electron chi connectivity index (χ4n) is 1.55. The van der Waals surface area contributed by atoms with E-state index in [1.807, 2.05) is 0 Å². The maximum atomic E-state index is 5.56. The molecule has 0 aromatic heterocycles. The standard InChI is InChI=1S/C10H25N3/c1-6-13(8-7-11)10(3)9(2)12(4)5/h9-10H,6-8,11H2,1-5H3. The van der Waals surface area contributed by atoms with Crippen LogP contribution in [0.15, 0.2) is 0 Å². The summed E-state index contributed by atoms with van der Waals surface area (Å²) < 4.78 is 0. The van der Waals surface area contributed by atoms with E-state index in [4.69, 9.17) is 5.73 Å². The smallest absolute Gasteiger partial charge is 0.0220 e. The van der Waals surface area contributed by atoms with Crippen molar-refractivity contribution < 1.29 is 0 Å². The lowest BCUT2D eigenvalue weighted by Gasteiger charge is -2.35. The third-order valence-corrected chi connectivity index (χ3v) is 2.91. The van der Waals surface area contributed by atoms with Crippen LogP contribution in [0.3, 0.4) is 0 Å². The molecule has 80 valence electrons. The number of nitrogens with two attached hydrogens (primary N) is 1. The predicted molar refractivity (Wildman–Crippen MR) is 58.9 cm³/mol. The Kier molecular flexibility index (Phi) is 6.29. The van der Waals surface area contributed by atoms with Gasteiger partial charge in [-0.3, -0.25) is 4.90 Å².